The van der Waals surface area contributed by atoms with Gasteiger partial charge in [0.1, 0.15) is 5.82 Å². The Kier molecular flexibility index (Phi) is 3.33. The van der Waals surface area contributed by atoms with Gasteiger partial charge in [0.25, 0.3) is 0 Å². The van der Waals surface area contributed by atoms with E-state index in [2.05, 4.69) is 28.7 Å². The molecule has 2 heterocycles. The van der Waals surface area contributed by atoms with Crippen molar-refractivity contribution in [1.82, 2.24) is 9.97 Å². The van der Waals surface area contributed by atoms with Crippen molar-refractivity contribution in [2.45, 2.75) is 33.1 Å². The van der Waals surface area contributed by atoms with Crippen molar-refractivity contribution >= 4 is 17.4 Å². The Labute approximate surface area is 102 Å². The zero-order valence-electron chi connectivity index (χ0n) is 9.91. The standard InChI is InChI=1S/C12H18ClN3/c1-12(2)5-3-8-16(9-6-12)10-4-7-14-11(13)15-10/h4,7H,3,5-6,8-9H2,1-2H3. The fourth-order valence-electron chi connectivity index (χ4n) is 2.15. The van der Waals surface area contributed by atoms with Gasteiger partial charge in [-0.15, -0.1) is 0 Å². The molecule has 1 aliphatic rings. The first kappa shape index (κ1) is 11.6. The second kappa shape index (κ2) is 4.58. The lowest BCUT2D eigenvalue weighted by Gasteiger charge is -2.23. The average molecular weight is 240 g/mol. The molecule has 2 rings (SSSR count). The Morgan fingerprint density at radius 1 is 1.31 bits per heavy atom. The second-order valence-corrected chi connectivity index (χ2v) is 5.53. The van der Waals surface area contributed by atoms with E-state index in [1.165, 1.54) is 19.3 Å². The summed E-state index contributed by atoms with van der Waals surface area (Å²) < 4.78 is 0. The highest BCUT2D eigenvalue weighted by molar-refractivity contribution is 6.28. The minimum atomic E-state index is 0.334. The zero-order chi connectivity index (χ0) is 11.6. The van der Waals surface area contributed by atoms with Crippen LogP contribution in [-0.2, 0) is 0 Å². The predicted octanol–water partition coefficient (Wildman–Crippen LogP) is 3.15. The Hall–Kier alpha value is -0.830. The normalized spacial score (nSPS) is 20.6. The number of halogens is 1. The number of nitrogens with zero attached hydrogens (tertiary/aromatic N) is 3. The summed E-state index contributed by atoms with van der Waals surface area (Å²) in [5.74, 6) is 0.956. The predicted molar refractivity (Wildman–Crippen MR) is 66.9 cm³/mol. The van der Waals surface area contributed by atoms with Gasteiger partial charge in [-0.2, -0.15) is 0 Å². The van der Waals surface area contributed by atoms with Crippen molar-refractivity contribution in [3.63, 3.8) is 0 Å². The quantitative estimate of drug-likeness (QED) is 0.705. The van der Waals surface area contributed by atoms with Crippen LogP contribution in [0, 0.1) is 5.41 Å². The van der Waals surface area contributed by atoms with E-state index in [0.29, 0.717) is 10.7 Å². The minimum Gasteiger partial charge on any atom is -0.356 e. The van der Waals surface area contributed by atoms with Crippen LogP contribution in [0.15, 0.2) is 12.3 Å². The molecule has 16 heavy (non-hydrogen) atoms. The Morgan fingerprint density at radius 2 is 2.12 bits per heavy atom. The summed E-state index contributed by atoms with van der Waals surface area (Å²) in [5, 5.41) is 0.334. The number of anilines is 1. The largest absolute Gasteiger partial charge is 0.356 e. The van der Waals surface area contributed by atoms with Crippen molar-refractivity contribution < 1.29 is 0 Å². The molecule has 88 valence electrons. The fourth-order valence-corrected chi connectivity index (χ4v) is 2.30. The smallest absolute Gasteiger partial charge is 0.224 e. The molecule has 3 nitrogen and oxygen atoms in total. The van der Waals surface area contributed by atoms with Crippen LogP contribution in [0.1, 0.15) is 33.1 Å². The van der Waals surface area contributed by atoms with Gasteiger partial charge in [0, 0.05) is 19.3 Å². The molecule has 0 spiro atoms. The first-order valence-electron chi connectivity index (χ1n) is 5.80. The summed E-state index contributed by atoms with van der Waals surface area (Å²) in [4.78, 5) is 10.5. The third-order valence-corrected chi connectivity index (χ3v) is 3.46. The molecule has 1 aromatic rings. The minimum absolute atomic E-state index is 0.334. The number of hydrogen-bond acceptors (Lipinski definition) is 3. The van der Waals surface area contributed by atoms with Gasteiger partial charge in [-0.05, 0) is 42.3 Å². The van der Waals surface area contributed by atoms with E-state index in [1.807, 2.05) is 6.07 Å². The summed E-state index contributed by atoms with van der Waals surface area (Å²) in [6.07, 6.45) is 5.42. The van der Waals surface area contributed by atoms with E-state index >= 15 is 0 Å². The number of rotatable bonds is 1. The van der Waals surface area contributed by atoms with E-state index in [1.54, 1.807) is 6.20 Å². The van der Waals surface area contributed by atoms with Crippen LogP contribution in [-0.4, -0.2) is 23.1 Å². The van der Waals surface area contributed by atoms with Gasteiger partial charge in [-0.3, -0.25) is 0 Å². The first-order valence-corrected chi connectivity index (χ1v) is 6.18. The third kappa shape index (κ3) is 2.85. The van der Waals surface area contributed by atoms with Gasteiger partial charge < -0.3 is 4.90 Å². The molecule has 0 unspecified atom stereocenters. The molecule has 1 aliphatic heterocycles. The Balaban J connectivity index is 2.11. The molecule has 0 aliphatic carbocycles. The van der Waals surface area contributed by atoms with Crippen LogP contribution in [0.5, 0.6) is 0 Å². The van der Waals surface area contributed by atoms with Crippen LogP contribution in [0.4, 0.5) is 5.82 Å². The van der Waals surface area contributed by atoms with E-state index < -0.39 is 0 Å². The molecular formula is C12H18ClN3. The molecule has 1 saturated heterocycles. The van der Waals surface area contributed by atoms with Crippen molar-refractivity contribution in [3.05, 3.63) is 17.5 Å². The van der Waals surface area contributed by atoms with Gasteiger partial charge in [0.15, 0.2) is 0 Å². The molecule has 1 fully saturated rings. The van der Waals surface area contributed by atoms with Crippen LogP contribution < -0.4 is 4.90 Å². The summed E-state index contributed by atoms with van der Waals surface area (Å²) in [6.45, 7) is 6.80. The molecule has 4 heteroatoms. The summed E-state index contributed by atoms with van der Waals surface area (Å²) in [5.41, 5.74) is 0.450. The van der Waals surface area contributed by atoms with Gasteiger partial charge >= 0.3 is 0 Å². The van der Waals surface area contributed by atoms with Gasteiger partial charge in [-0.1, -0.05) is 13.8 Å². The van der Waals surface area contributed by atoms with E-state index in [0.717, 1.165) is 18.9 Å². The van der Waals surface area contributed by atoms with E-state index in [4.69, 9.17) is 11.6 Å². The molecular weight excluding hydrogens is 222 g/mol. The molecule has 1 aromatic heterocycles. The van der Waals surface area contributed by atoms with Gasteiger partial charge in [0.05, 0.1) is 0 Å². The Morgan fingerprint density at radius 3 is 2.88 bits per heavy atom. The second-order valence-electron chi connectivity index (χ2n) is 5.19. The maximum atomic E-state index is 5.81. The molecule has 0 radical (unpaired) electrons. The molecule has 0 atom stereocenters. The molecule has 0 saturated carbocycles. The van der Waals surface area contributed by atoms with E-state index in [9.17, 15) is 0 Å². The summed E-state index contributed by atoms with van der Waals surface area (Å²) in [7, 11) is 0. The van der Waals surface area contributed by atoms with Crippen molar-refractivity contribution in [3.8, 4) is 0 Å². The zero-order valence-corrected chi connectivity index (χ0v) is 10.7. The molecule has 0 bridgehead atoms. The average Bonchev–Trinajstić information content (AvgIpc) is 2.39. The maximum absolute atomic E-state index is 5.81. The van der Waals surface area contributed by atoms with Crippen molar-refractivity contribution in [1.29, 1.82) is 0 Å². The maximum Gasteiger partial charge on any atom is 0.224 e. The van der Waals surface area contributed by atoms with Crippen LogP contribution in [0.3, 0.4) is 0 Å². The number of hydrogen-bond donors (Lipinski definition) is 0. The van der Waals surface area contributed by atoms with Crippen LogP contribution in [0.25, 0.3) is 0 Å². The van der Waals surface area contributed by atoms with Crippen molar-refractivity contribution in [2.75, 3.05) is 18.0 Å². The summed E-state index contributed by atoms with van der Waals surface area (Å²) in [6, 6.07) is 1.93. The first-order chi connectivity index (χ1) is 7.57. The molecule has 0 aromatic carbocycles. The topological polar surface area (TPSA) is 29.0 Å². The lowest BCUT2D eigenvalue weighted by molar-refractivity contribution is 0.325. The Bertz CT molecular complexity index is 365. The molecule has 0 N–H and O–H groups in total. The van der Waals surface area contributed by atoms with Crippen molar-refractivity contribution in [2.24, 2.45) is 5.41 Å². The lowest BCUT2D eigenvalue weighted by Crippen LogP contribution is -2.26. The lowest BCUT2D eigenvalue weighted by atomic mass is 9.85. The highest BCUT2D eigenvalue weighted by Crippen LogP contribution is 2.31. The highest BCUT2D eigenvalue weighted by atomic mass is 35.5. The van der Waals surface area contributed by atoms with Crippen LogP contribution >= 0.6 is 11.6 Å². The monoisotopic (exact) mass is 239 g/mol. The SMILES string of the molecule is CC1(C)CCCN(c2ccnc(Cl)n2)CC1. The summed E-state index contributed by atoms with van der Waals surface area (Å²) >= 11 is 5.81. The fraction of sp³-hybridized carbons (Fsp3) is 0.667. The van der Waals surface area contributed by atoms with Gasteiger partial charge in [0.2, 0.25) is 5.28 Å². The third-order valence-electron chi connectivity index (χ3n) is 3.28. The number of aromatic nitrogens is 2. The molecule has 0 amide bonds. The highest BCUT2D eigenvalue weighted by Gasteiger charge is 2.23. The van der Waals surface area contributed by atoms with Crippen LogP contribution in [0.2, 0.25) is 5.28 Å². The van der Waals surface area contributed by atoms with Gasteiger partial charge in [-0.25, -0.2) is 9.97 Å². The van der Waals surface area contributed by atoms with E-state index in [-0.39, 0.29) is 0 Å².